The number of benzene rings is 2. The van der Waals surface area contributed by atoms with Crippen molar-refractivity contribution in [2.24, 2.45) is 5.92 Å². The van der Waals surface area contributed by atoms with Gasteiger partial charge in [-0.3, -0.25) is 4.90 Å². The summed E-state index contributed by atoms with van der Waals surface area (Å²) in [7, 11) is 0. The van der Waals surface area contributed by atoms with Crippen LogP contribution in [0.15, 0.2) is 60.9 Å². The highest BCUT2D eigenvalue weighted by molar-refractivity contribution is 5.72. The van der Waals surface area contributed by atoms with Crippen LogP contribution in [-0.2, 0) is 4.74 Å². The number of nitrogens with one attached hydrogen (secondary N) is 3. The second-order valence-corrected chi connectivity index (χ2v) is 12.0. The lowest BCUT2D eigenvalue weighted by atomic mass is 10.0. The Balaban J connectivity index is 1.26. The molecule has 2 atom stereocenters. The Morgan fingerprint density at radius 2 is 1.48 bits per heavy atom. The van der Waals surface area contributed by atoms with Gasteiger partial charge in [0.25, 0.3) is 0 Å². The van der Waals surface area contributed by atoms with E-state index in [1.54, 1.807) is 12.4 Å². The maximum Gasteiger partial charge on any atom is 0.408 e. The topological polar surface area (TPSA) is 136 Å². The molecule has 0 aliphatic carbocycles. The lowest BCUT2D eigenvalue weighted by Gasteiger charge is -2.24. The van der Waals surface area contributed by atoms with Gasteiger partial charge >= 0.3 is 12.2 Å². The molecule has 1 saturated heterocycles. The molecule has 1 aliphatic heterocycles. The maximum atomic E-state index is 12.4. The first-order valence-electron chi connectivity index (χ1n) is 14.3. The van der Waals surface area contributed by atoms with Gasteiger partial charge in [-0.15, -0.1) is 0 Å². The fraction of sp³-hybridized carbons (Fsp3) is 0.375. The predicted molar refractivity (Wildman–Crippen MR) is 161 cm³/mol. The van der Waals surface area contributed by atoms with Crippen LogP contribution in [0.3, 0.4) is 0 Å². The molecule has 0 saturated carbocycles. The predicted octanol–water partition coefficient (Wildman–Crippen LogP) is 7.17. The summed E-state index contributed by atoms with van der Waals surface area (Å²) in [5.74, 6) is 1.47. The molecule has 4 aromatic rings. The number of aromatic amines is 2. The molecule has 10 heteroatoms. The van der Waals surface area contributed by atoms with Crippen molar-refractivity contribution < 1.29 is 19.4 Å². The lowest BCUT2D eigenvalue weighted by molar-refractivity contribution is 0.0486. The Kier molecular flexibility index (Phi) is 8.06. The molecule has 0 bridgehead atoms. The molecule has 2 aromatic carbocycles. The fourth-order valence-corrected chi connectivity index (χ4v) is 5.24. The normalized spacial score (nSPS) is 16.0. The number of hydrogen-bond acceptors (Lipinski definition) is 5. The second-order valence-electron chi connectivity index (χ2n) is 12.0. The molecule has 2 amide bonds. The molecule has 4 N–H and O–H groups in total. The van der Waals surface area contributed by atoms with Crippen molar-refractivity contribution >= 4 is 12.2 Å². The van der Waals surface area contributed by atoms with Gasteiger partial charge in [-0.25, -0.2) is 19.6 Å². The average molecular weight is 571 g/mol. The van der Waals surface area contributed by atoms with Gasteiger partial charge in [-0.2, -0.15) is 0 Å². The van der Waals surface area contributed by atoms with E-state index in [0.717, 1.165) is 46.5 Å². The van der Waals surface area contributed by atoms with Crippen molar-refractivity contribution in [2.75, 3.05) is 6.54 Å². The van der Waals surface area contributed by atoms with Crippen LogP contribution in [0, 0.1) is 5.92 Å². The number of carbonyl (C=O) groups is 2. The van der Waals surface area contributed by atoms with Gasteiger partial charge in [0.1, 0.15) is 17.2 Å². The summed E-state index contributed by atoms with van der Waals surface area (Å²) >= 11 is 0. The minimum absolute atomic E-state index is 0.109. The average Bonchev–Trinajstić information content (AvgIpc) is 3.71. The zero-order chi connectivity index (χ0) is 30.0. The zero-order valence-corrected chi connectivity index (χ0v) is 24.6. The van der Waals surface area contributed by atoms with Crippen LogP contribution >= 0.6 is 0 Å². The van der Waals surface area contributed by atoms with Gasteiger partial charge in [0.05, 0.1) is 35.9 Å². The Morgan fingerprint density at radius 1 is 0.929 bits per heavy atom. The molecule has 1 fully saturated rings. The molecule has 10 nitrogen and oxygen atoms in total. The molecule has 1 unspecified atom stereocenters. The summed E-state index contributed by atoms with van der Waals surface area (Å²) in [5.41, 5.74) is 5.27. The number of aromatic nitrogens is 4. The monoisotopic (exact) mass is 570 g/mol. The number of H-pyrrole nitrogens is 2. The largest absolute Gasteiger partial charge is 0.465 e. The van der Waals surface area contributed by atoms with Crippen molar-refractivity contribution in [1.29, 1.82) is 0 Å². The third kappa shape index (κ3) is 6.48. The van der Waals surface area contributed by atoms with Crippen LogP contribution in [0.2, 0.25) is 0 Å². The molecular formula is C32H38N6O4. The van der Waals surface area contributed by atoms with E-state index in [4.69, 9.17) is 4.74 Å². The van der Waals surface area contributed by atoms with Gasteiger partial charge < -0.3 is 25.1 Å². The van der Waals surface area contributed by atoms with Crippen LogP contribution < -0.4 is 5.32 Å². The highest BCUT2D eigenvalue weighted by atomic mass is 16.6. The number of amides is 2. The summed E-state index contributed by atoms with van der Waals surface area (Å²) in [6.07, 6.45) is 3.78. The Labute approximate surface area is 245 Å². The van der Waals surface area contributed by atoms with Crippen molar-refractivity contribution in [3.8, 4) is 33.6 Å². The van der Waals surface area contributed by atoms with Crippen molar-refractivity contribution in [2.45, 2.75) is 65.1 Å². The quantitative estimate of drug-likeness (QED) is 0.186. The van der Waals surface area contributed by atoms with Crippen molar-refractivity contribution in [3.05, 3.63) is 72.6 Å². The number of carboxylic acid groups (broad SMARTS) is 1. The molecule has 220 valence electrons. The minimum Gasteiger partial charge on any atom is -0.465 e. The number of likely N-dealkylation sites (tertiary alicyclic amines) is 1. The molecule has 5 rings (SSSR count). The molecule has 2 aromatic heterocycles. The number of nitrogens with zero attached hydrogens (tertiary/aromatic N) is 3. The molecule has 0 radical (unpaired) electrons. The maximum absolute atomic E-state index is 12.4. The number of ether oxygens (including phenoxy) is 1. The van der Waals surface area contributed by atoms with E-state index in [2.05, 4.69) is 49.5 Å². The lowest BCUT2D eigenvalue weighted by Crippen LogP contribution is -2.37. The van der Waals surface area contributed by atoms with Crippen LogP contribution in [0.5, 0.6) is 0 Å². The Hall–Kier alpha value is -4.60. The highest BCUT2D eigenvalue weighted by Crippen LogP contribution is 2.32. The van der Waals surface area contributed by atoms with Crippen LogP contribution in [0.1, 0.15) is 71.2 Å². The van der Waals surface area contributed by atoms with Gasteiger partial charge in [0, 0.05) is 6.54 Å². The summed E-state index contributed by atoms with van der Waals surface area (Å²) in [6.45, 7) is 10.1. The van der Waals surface area contributed by atoms with E-state index >= 15 is 0 Å². The minimum atomic E-state index is -0.909. The molecule has 3 heterocycles. The van der Waals surface area contributed by atoms with E-state index in [-0.39, 0.29) is 18.0 Å². The smallest absolute Gasteiger partial charge is 0.408 e. The second kappa shape index (κ2) is 11.7. The molecule has 1 aliphatic rings. The molecular weight excluding hydrogens is 532 g/mol. The van der Waals surface area contributed by atoms with E-state index in [9.17, 15) is 14.7 Å². The number of imidazole rings is 2. The summed E-state index contributed by atoms with van der Waals surface area (Å²) in [5, 5.41) is 12.4. The number of carbonyl (C=O) groups excluding carboxylic acids is 1. The fourth-order valence-electron chi connectivity index (χ4n) is 5.24. The Bertz CT molecular complexity index is 1530. The van der Waals surface area contributed by atoms with E-state index in [1.807, 2.05) is 58.9 Å². The van der Waals surface area contributed by atoms with Gasteiger partial charge in [0.2, 0.25) is 0 Å². The number of alkyl carbamates (subject to hydrolysis) is 1. The first-order valence-corrected chi connectivity index (χ1v) is 14.3. The summed E-state index contributed by atoms with van der Waals surface area (Å²) < 4.78 is 5.43. The number of hydrogen-bond donors (Lipinski definition) is 4. The van der Waals surface area contributed by atoms with Crippen molar-refractivity contribution in [1.82, 2.24) is 30.2 Å². The first kappa shape index (κ1) is 28.9. The highest BCUT2D eigenvalue weighted by Gasteiger charge is 2.32. The van der Waals surface area contributed by atoms with Gasteiger partial charge in [-0.05, 0) is 61.8 Å². The van der Waals surface area contributed by atoms with Crippen LogP contribution in [0.4, 0.5) is 9.59 Å². The Morgan fingerprint density at radius 3 is 2.02 bits per heavy atom. The first-order chi connectivity index (χ1) is 20.0. The van der Waals surface area contributed by atoms with Crippen LogP contribution in [-0.4, -0.2) is 54.3 Å². The van der Waals surface area contributed by atoms with E-state index in [0.29, 0.717) is 18.2 Å². The standard InChI is InChI=1S/C32H38N6O4/c1-19(2)27(37-30(39)42-32(3,4)5)29-34-18-25(36-29)23-14-10-21(11-15-23)20-8-12-22(13-9-20)24-17-33-28(35-24)26-7-6-16-38(26)31(40)41/h8-15,17-19,26-27H,6-7,16H2,1-5H3,(H,33,35)(H,34,36)(H,37,39)(H,40,41)/t26?,27-/m0/s1. The summed E-state index contributed by atoms with van der Waals surface area (Å²) in [4.78, 5) is 41.1. The SMILES string of the molecule is CC(C)[C@H](NC(=O)OC(C)(C)C)c1ncc(-c2ccc(-c3ccc(-c4cnc(C5CCCN5C(=O)O)[nH]4)cc3)cc2)[nH]1. The molecule has 42 heavy (non-hydrogen) atoms. The van der Waals surface area contributed by atoms with E-state index < -0.39 is 17.8 Å². The summed E-state index contributed by atoms with van der Waals surface area (Å²) in [6, 6.07) is 15.9. The van der Waals surface area contributed by atoms with Gasteiger partial charge in [-0.1, -0.05) is 62.4 Å². The molecule has 0 spiro atoms. The number of rotatable bonds is 7. The third-order valence-electron chi connectivity index (χ3n) is 7.36. The zero-order valence-electron chi connectivity index (χ0n) is 24.6. The third-order valence-corrected chi connectivity index (χ3v) is 7.36. The van der Waals surface area contributed by atoms with E-state index in [1.165, 1.54) is 4.90 Å². The van der Waals surface area contributed by atoms with Crippen molar-refractivity contribution in [3.63, 3.8) is 0 Å². The van der Waals surface area contributed by atoms with Gasteiger partial charge in [0.15, 0.2) is 0 Å². The van der Waals surface area contributed by atoms with Crippen LogP contribution in [0.25, 0.3) is 33.6 Å².